The average molecular weight is 421 g/mol. The minimum atomic E-state index is 0.183. The molecule has 0 amide bonds. The van der Waals surface area contributed by atoms with Crippen LogP contribution in [0.15, 0.2) is 82.6 Å². The van der Waals surface area contributed by atoms with E-state index in [4.69, 9.17) is 11.6 Å². The van der Waals surface area contributed by atoms with E-state index in [1.54, 1.807) is 0 Å². The Kier molecular flexibility index (Phi) is 5.54. The predicted molar refractivity (Wildman–Crippen MR) is 123 cm³/mol. The van der Waals surface area contributed by atoms with Crippen molar-refractivity contribution in [1.82, 2.24) is 4.90 Å². The van der Waals surface area contributed by atoms with E-state index in [0.717, 1.165) is 18.1 Å². The number of fused-ring (bicyclic) bond motifs is 2. The molecule has 1 fully saturated rings. The number of hydrogen-bond acceptors (Lipinski definition) is 3. The molecule has 2 nitrogen and oxygen atoms in total. The van der Waals surface area contributed by atoms with Crippen LogP contribution in [0.4, 0.5) is 5.69 Å². The summed E-state index contributed by atoms with van der Waals surface area (Å²) in [5, 5.41) is 0.799. The number of likely N-dealkylation sites (tertiary alicyclic amines) is 1. The fourth-order valence-corrected chi connectivity index (χ4v) is 5.79. The highest BCUT2D eigenvalue weighted by Gasteiger charge is 2.30. The average Bonchev–Trinajstić information content (AvgIpc) is 3.23. The van der Waals surface area contributed by atoms with E-state index in [9.17, 15) is 0 Å². The van der Waals surface area contributed by atoms with E-state index in [2.05, 4.69) is 76.5 Å². The second-order valence-corrected chi connectivity index (χ2v) is 9.33. The van der Waals surface area contributed by atoms with Crippen LogP contribution >= 0.6 is 23.4 Å². The van der Waals surface area contributed by atoms with Gasteiger partial charge < -0.3 is 9.80 Å². The first kappa shape index (κ1) is 19.0. The monoisotopic (exact) mass is 420 g/mol. The zero-order chi connectivity index (χ0) is 19.6. The van der Waals surface area contributed by atoms with Crippen molar-refractivity contribution in [3.63, 3.8) is 0 Å². The maximum absolute atomic E-state index is 6.48. The van der Waals surface area contributed by atoms with Crippen LogP contribution in [0.1, 0.15) is 30.0 Å². The lowest BCUT2D eigenvalue weighted by Gasteiger charge is -2.35. The molecule has 148 valence electrons. The van der Waals surface area contributed by atoms with Gasteiger partial charge >= 0.3 is 0 Å². The third-order valence-electron chi connectivity index (χ3n) is 5.95. The first-order valence-corrected chi connectivity index (χ1v) is 11.6. The van der Waals surface area contributed by atoms with Crippen molar-refractivity contribution in [2.45, 2.75) is 28.7 Å². The van der Waals surface area contributed by atoms with Crippen LogP contribution in [-0.4, -0.2) is 31.1 Å². The van der Waals surface area contributed by atoms with Crippen LogP contribution in [-0.2, 0) is 0 Å². The molecule has 4 heteroatoms. The quantitative estimate of drug-likeness (QED) is 0.475. The van der Waals surface area contributed by atoms with E-state index >= 15 is 0 Å². The van der Waals surface area contributed by atoms with Crippen LogP contribution in [0, 0.1) is 0 Å². The molecular formula is C25H25ClN2S. The molecule has 1 atom stereocenters. The van der Waals surface area contributed by atoms with Gasteiger partial charge in [0.25, 0.3) is 0 Å². The SMILES string of the molecule is Clc1ccc2c(c1)N(CCN1CCCC1)C(c1ccccc1)c1ccccc1S2. The largest absolute Gasteiger partial charge is 0.358 e. The maximum Gasteiger partial charge on any atom is 0.0807 e. The summed E-state index contributed by atoms with van der Waals surface area (Å²) in [4.78, 5) is 7.78. The Morgan fingerprint density at radius 2 is 1.59 bits per heavy atom. The molecule has 1 unspecified atom stereocenters. The highest BCUT2D eigenvalue weighted by molar-refractivity contribution is 7.99. The first-order chi connectivity index (χ1) is 14.3. The lowest BCUT2D eigenvalue weighted by molar-refractivity contribution is 0.342. The molecule has 1 saturated heterocycles. The summed E-state index contributed by atoms with van der Waals surface area (Å²) in [6.45, 7) is 4.51. The molecule has 3 aromatic rings. The Hall–Kier alpha value is -1.94. The van der Waals surface area contributed by atoms with Crippen LogP contribution in [0.25, 0.3) is 0 Å². The summed E-state index contributed by atoms with van der Waals surface area (Å²) in [6, 6.07) is 26.3. The van der Waals surface area contributed by atoms with Gasteiger partial charge in [-0.3, -0.25) is 0 Å². The third kappa shape index (κ3) is 3.92. The van der Waals surface area contributed by atoms with Gasteiger partial charge in [0.2, 0.25) is 0 Å². The van der Waals surface area contributed by atoms with E-state index in [-0.39, 0.29) is 6.04 Å². The van der Waals surface area contributed by atoms with Gasteiger partial charge in [-0.2, -0.15) is 0 Å². The van der Waals surface area contributed by atoms with Crippen LogP contribution in [0.5, 0.6) is 0 Å². The molecule has 0 aliphatic carbocycles. The lowest BCUT2D eigenvalue weighted by Crippen LogP contribution is -2.37. The van der Waals surface area contributed by atoms with Crippen molar-refractivity contribution >= 4 is 29.1 Å². The third-order valence-corrected chi connectivity index (χ3v) is 7.34. The molecule has 2 aliphatic rings. The van der Waals surface area contributed by atoms with Gasteiger partial charge in [0.1, 0.15) is 0 Å². The van der Waals surface area contributed by atoms with Crippen molar-refractivity contribution in [2.24, 2.45) is 0 Å². The zero-order valence-electron chi connectivity index (χ0n) is 16.4. The van der Waals surface area contributed by atoms with Crippen molar-refractivity contribution < 1.29 is 0 Å². The summed E-state index contributed by atoms with van der Waals surface area (Å²) in [5.74, 6) is 0. The highest BCUT2D eigenvalue weighted by Crippen LogP contribution is 2.48. The number of anilines is 1. The summed E-state index contributed by atoms with van der Waals surface area (Å²) in [7, 11) is 0. The second kappa shape index (κ2) is 8.43. The minimum Gasteiger partial charge on any atom is -0.358 e. The molecule has 0 N–H and O–H groups in total. The number of benzene rings is 3. The molecular weight excluding hydrogens is 396 g/mol. The molecule has 0 bridgehead atoms. The fraction of sp³-hybridized carbons (Fsp3) is 0.280. The Morgan fingerprint density at radius 1 is 0.828 bits per heavy atom. The first-order valence-electron chi connectivity index (χ1n) is 10.4. The molecule has 29 heavy (non-hydrogen) atoms. The predicted octanol–water partition coefficient (Wildman–Crippen LogP) is 6.50. The van der Waals surface area contributed by atoms with Crippen LogP contribution in [0.2, 0.25) is 5.02 Å². The standard InChI is InChI=1S/C25H25ClN2S/c26-20-12-13-24-22(18-20)28(17-16-27-14-6-7-15-27)25(19-8-2-1-3-9-19)21-10-4-5-11-23(21)29-24/h1-5,8-13,18,25H,6-7,14-17H2. The lowest BCUT2D eigenvalue weighted by atomic mass is 9.96. The number of rotatable bonds is 4. The normalized spacial score (nSPS) is 18.9. The van der Waals surface area contributed by atoms with Crippen molar-refractivity contribution in [2.75, 3.05) is 31.1 Å². The van der Waals surface area contributed by atoms with E-state index < -0.39 is 0 Å². The van der Waals surface area contributed by atoms with Gasteiger partial charge in [-0.1, -0.05) is 71.9 Å². The van der Waals surface area contributed by atoms with Gasteiger partial charge in [0.15, 0.2) is 0 Å². The van der Waals surface area contributed by atoms with Gasteiger partial charge in [0.05, 0.1) is 11.7 Å². The highest BCUT2D eigenvalue weighted by atomic mass is 35.5. The molecule has 2 aliphatic heterocycles. The van der Waals surface area contributed by atoms with Crippen LogP contribution < -0.4 is 4.90 Å². The molecule has 2 heterocycles. The summed E-state index contributed by atoms with van der Waals surface area (Å²) in [5.41, 5.74) is 3.94. The van der Waals surface area contributed by atoms with Gasteiger partial charge in [0, 0.05) is 27.9 Å². The van der Waals surface area contributed by atoms with Crippen molar-refractivity contribution in [1.29, 1.82) is 0 Å². The second-order valence-electron chi connectivity index (χ2n) is 7.81. The molecule has 0 aromatic heterocycles. The molecule has 0 saturated carbocycles. The topological polar surface area (TPSA) is 6.48 Å². The zero-order valence-corrected chi connectivity index (χ0v) is 18.0. The van der Waals surface area contributed by atoms with Gasteiger partial charge in [-0.15, -0.1) is 0 Å². The van der Waals surface area contributed by atoms with E-state index in [0.29, 0.717) is 0 Å². The fourth-order valence-electron chi connectivity index (χ4n) is 4.53. The molecule has 0 radical (unpaired) electrons. The Bertz CT molecular complexity index is 985. The maximum atomic E-state index is 6.48. The smallest absolute Gasteiger partial charge is 0.0807 e. The van der Waals surface area contributed by atoms with Crippen molar-refractivity contribution in [3.05, 3.63) is 88.9 Å². The summed E-state index contributed by atoms with van der Waals surface area (Å²) in [6.07, 6.45) is 2.65. The van der Waals surface area contributed by atoms with Gasteiger partial charge in [-0.25, -0.2) is 0 Å². The van der Waals surface area contributed by atoms with Crippen molar-refractivity contribution in [3.8, 4) is 0 Å². The Labute approximate surface area is 182 Å². The molecule has 0 spiro atoms. The van der Waals surface area contributed by atoms with Crippen LogP contribution in [0.3, 0.4) is 0 Å². The van der Waals surface area contributed by atoms with E-state index in [1.165, 1.54) is 52.5 Å². The van der Waals surface area contributed by atoms with E-state index in [1.807, 2.05) is 17.8 Å². The number of nitrogens with zero attached hydrogens (tertiary/aromatic N) is 2. The Balaban J connectivity index is 1.64. The number of halogens is 1. The molecule has 5 rings (SSSR count). The summed E-state index contributed by atoms with van der Waals surface area (Å²) < 4.78 is 0. The summed E-state index contributed by atoms with van der Waals surface area (Å²) >= 11 is 8.34. The molecule has 3 aromatic carbocycles. The Morgan fingerprint density at radius 3 is 2.41 bits per heavy atom. The number of hydrogen-bond donors (Lipinski definition) is 0. The van der Waals surface area contributed by atoms with Gasteiger partial charge in [-0.05, 0) is 61.3 Å². The minimum absolute atomic E-state index is 0.183.